The molecule has 1 aliphatic carbocycles. The normalized spacial score (nSPS) is 21.8. The van der Waals surface area contributed by atoms with E-state index in [4.69, 9.17) is 14.5 Å². The minimum absolute atomic E-state index is 0.0858. The van der Waals surface area contributed by atoms with Gasteiger partial charge in [0.15, 0.2) is 0 Å². The van der Waals surface area contributed by atoms with E-state index in [9.17, 15) is 19.5 Å². The lowest BCUT2D eigenvalue weighted by Crippen LogP contribution is -2.55. The molecule has 0 radical (unpaired) electrons. The smallest absolute Gasteiger partial charge is 0.332 e. The highest BCUT2D eigenvalue weighted by Crippen LogP contribution is 2.45. The van der Waals surface area contributed by atoms with Crippen molar-refractivity contribution in [1.82, 2.24) is 26.1 Å². The molecule has 11 nitrogen and oxygen atoms in total. The van der Waals surface area contributed by atoms with Crippen molar-refractivity contribution in [2.24, 2.45) is 5.92 Å². The summed E-state index contributed by atoms with van der Waals surface area (Å²) in [5.74, 6) is -0.913. The zero-order valence-corrected chi connectivity index (χ0v) is 25.3. The van der Waals surface area contributed by atoms with Gasteiger partial charge in [0.05, 0.1) is 24.9 Å². The number of carbonyl (C=O) groups is 3. The number of benzene rings is 3. The Morgan fingerprint density at radius 2 is 1.80 bits per heavy atom. The van der Waals surface area contributed by atoms with Crippen LogP contribution in [0.15, 0.2) is 97.6 Å². The Hall–Kier alpha value is -5.42. The van der Waals surface area contributed by atoms with E-state index in [1.165, 1.54) is 11.0 Å². The first-order valence-electron chi connectivity index (χ1n) is 15.0. The van der Waals surface area contributed by atoms with E-state index in [-0.39, 0.29) is 19.4 Å². The summed E-state index contributed by atoms with van der Waals surface area (Å²) in [7, 11) is 1.59. The molecular weight excluding hydrogens is 586 g/mol. The number of amides is 3. The number of carbonyl (C=O) groups excluding carboxylic acids is 2. The Balaban J connectivity index is 1.27. The number of pyridine rings is 1. The number of hydrogen-bond donors (Lipinski definition) is 4. The lowest BCUT2D eigenvalue weighted by Gasteiger charge is -2.25. The Morgan fingerprint density at radius 1 is 1.07 bits per heavy atom. The molecule has 11 heteroatoms. The number of nitrogens with zero attached hydrogens (tertiary/aromatic N) is 2. The van der Waals surface area contributed by atoms with Gasteiger partial charge in [-0.05, 0) is 24.1 Å². The predicted molar refractivity (Wildman–Crippen MR) is 172 cm³/mol. The molecule has 1 saturated heterocycles. The van der Waals surface area contributed by atoms with Crippen molar-refractivity contribution in [1.29, 1.82) is 0 Å². The molecule has 3 aromatic carbocycles. The summed E-state index contributed by atoms with van der Waals surface area (Å²) in [5, 5.41) is 13.3. The minimum atomic E-state index is -1.43. The number of aromatic nitrogens is 1. The largest absolute Gasteiger partial charge is 0.497 e. The van der Waals surface area contributed by atoms with Crippen LogP contribution in [0.3, 0.4) is 0 Å². The van der Waals surface area contributed by atoms with E-state index in [0.29, 0.717) is 29.3 Å². The van der Waals surface area contributed by atoms with E-state index >= 15 is 0 Å². The van der Waals surface area contributed by atoms with Crippen LogP contribution < -0.4 is 25.6 Å². The van der Waals surface area contributed by atoms with Gasteiger partial charge in [-0.3, -0.25) is 10.2 Å². The summed E-state index contributed by atoms with van der Waals surface area (Å²) in [6.07, 6.45) is 1.33. The number of aliphatic carboxylic acids is 1. The average molecular weight is 622 g/mol. The van der Waals surface area contributed by atoms with E-state index in [2.05, 4.69) is 22.7 Å². The number of hydrogen-bond acceptors (Lipinski definition) is 7. The van der Waals surface area contributed by atoms with E-state index in [1.54, 1.807) is 7.11 Å². The highest BCUT2D eigenvalue weighted by molar-refractivity contribution is 5.95. The molecule has 46 heavy (non-hydrogen) atoms. The number of methoxy groups -OCH3 is 1. The van der Waals surface area contributed by atoms with Gasteiger partial charge in [0.1, 0.15) is 29.2 Å². The van der Waals surface area contributed by atoms with Gasteiger partial charge in [-0.15, -0.1) is 6.58 Å². The highest BCUT2D eigenvalue weighted by atomic mass is 16.5. The molecule has 0 spiro atoms. The molecular formula is C35H35N5O6. The number of ether oxygens (including phenoxy) is 2. The van der Waals surface area contributed by atoms with Gasteiger partial charge in [-0.2, -0.15) is 0 Å². The standard InChI is InChI=1S/C35H35N5O6/c1-3-24-19-35(24,33(42)43)38-32(41)30-17-26(21-40(30)34(44)39-36-20-22-10-6-4-7-11-22)46-31-18-28(23-12-8-5-9-13-23)37-29-16-25(45-2)14-15-27(29)31/h3-16,18,24,26,30,36H,1,17,19-21H2,2H3,(H,38,41)(H,39,44)(H,42,43)/t24-,26-,30+,35?/m1/s1. The number of nitrogens with one attached hydrogen (secondary N) is 3. The second kappa shape index (κ2) is 12.9. The molecule has 1 saturated carbocycles. The van der Waals surface area contributed by atoms with Crippen molar-refractivity contribution in [3.63, 3.8) is 0 Å². The van der Waals surface area contributed by atoms with Gasteiger partial charge >= 0.3 is 12.0 Å². The van der Waals surface area contributed by atoms with E-state index < -0.39 is 41.5 Å². The Bertz CT molecular complexity index is 1770. The molecule has 1 unspecified atom stereocenters. The van der Waals surface area contributed by atoms with Crippen molar-refractivity contribution in [3.8, 4) is 22.8 Å². The van der Waals surface area contributed by atoms with Gasteiger partial charge in [0.25, 0.3) is 0 Å². The van der Waals surface area contributed by atoms with Crippen LogP contribution in [0.2, 0.25) is 0 Å². The third-order valence-electron chi connectivity index (χ3n) is 8.53. The lowest BCUT2D eigenvalue weighted by atomic mass is 10.1. The third-order valence-corrected chi connectivity index (χ3v) is 8.53. The number of rotatable bonds is 11. The van der Waals surface area contributed by atoms with Crippen LogP contribution in [0.4, 0.5) is 4.79 Å². The molecule has 236 valence electrons. The Labute approximate surface area is 266 Å². The summed E-state index contributed by atoms with van der Waals surface area (Å²) >= 11 is 0. The van der Waals surface area contributed by atoms with Crippen LogP contribution in [0.1, 0.15) is 18.4 Å². The number of carboxylic acids is 1. The second-order valence-corrected chi connectivity index (χ2v) is 11.5. The molecule has 2 aliphatic rings. The van der Waals surface area contributed by atoms with Gasteiger partial charge in [0.2, 0.25) is 5.91 Å². The zero-order chi connectivity index (χ0) is 32.3. The summed E-state index contributed by atoms with van der Waals surface area (Å²) < 4.78 is 12.0. The van der Waals surface area contributed by atoms with Gasteiger partial charge < -0.3 is 24.8 Å². The zero-order valence-electron chi connectivity index (χ0n) is 25.3. The van der Waals surface area contributed by atoms with Crippen molar-refractivity contribution >= 4 is 28.8 Å². The highest BCUT2D eigenvalue weighted by Gasteiger charge is 2.61. The first-order valence-corrected chi connectivity index (χ1v) is 15.0. The number of hydrazine groups is 1. The van der Waals surface area contributed by atoms with Crippen LogP contribution in [0.5, 0.6) is 11.5 Å². The molecule has 1 aliphatic heterocycles. The molecule has 0 bridgehead atoms. The molecule has 3 amide bonds. The van der Waals surface area contributed by atoms with E-state index in [1.807, 2.05) is 84.9 Å². The monoisotopic (exact) mass is 621 g/mol. The first kappa shape index (κ1) is 30.6. The maximum absolute atomic E-state index is 13.7. The van der Waals surface area contributed by atoms with Gasteiger partial charge in [-0.1, -0.05) is 66.7 Å². The lowest BCUT2D eigenvalue weighted by molar-refractivity contribution is -0.144. The maximum Gasteiger partial charge on any atom is 0.332 e. The molecule has 4 atom stereocenters. The number of urea groups is 1. The molecule has 4 N–H and O–H groups in total. The average Bonchev–Trinajstić information content (AvgIpc) is 3.64. The predicted octanol–water partition coefficient (Wildman–Crippen LogP) is 4.29. The quantitative estimate of drug-likeness (QED) is 0.144. The van der Waals surface area contributed by atoms with Crippen LogP contribution in [0.25, 0.3) is 22.2 Å². The first-order chi connectivity index (χ1) is 22.3. The van der Waals surface area contributed by atoms with Crippen molar-refractivity contribution < 1.29 is 29.0 Å². The molecule has 2 heterocycles. The topological polar surface area (TPSA) is 142 Å². The Morgan fingerprint density at radius 3 is 2.48 bits per heavy atom. The van der Waals surface area contributed by atoms with Gasteiger partial charge in [0, 0.05) is 42.0 Å². The molecule has 2 fully saturated rings. The van der Waals surface area contributed by atoms with Crippen LogP contribution in [0, 0.1) is 5.92 Å². The van der Waals surface area contributed by atoms with Crippen LogP contribution >= 0.6 is 0 Å². The second-order valence-electron chi connectivity index (χ2n) is 11.5. The minimum Gasteiger partial charge on any atom is -0.497 e. The number of carboxylic acid groups (broad SMARTS) is 1. The summed E-state index contributed by atoms with van der Waals surface area (Å²) in [4.78, 5) is 45.5. The molecule has 1 aromatic heterocycles. The summed E-state index contributed by atoms with van der Waals surface area (Å²) in [5.41, 5.74) is 7.37. The molecule has 6 rings (SSSR count). The fourth-order valence-electron chi connectivity index (χ4n) is 5.90. The van der Waals surface area contributed by atoms with Crippen molar-refractivity contribution in [2.75, 3.05) is 13.7 Å². The SMILES string of the molecule is C=C[C@@H]1CC1(NC(=O)[C@@H]1C[C@@H](Oc2cc(-c3ccccc3)nc3cc(OC)ccc23)CN1C(=O)NNCc1ccccc1)C(=O)O. The third kappa shape index (κ3) is 6.22. The summed E-state index contributed by atoms with van der Waals surface area (Å²) in [6, 6.07) is 25.1. The molecule has 4 aromatic rings. The van der Waals surface area contributed by atoms with Crippen molar-refractivity contribution in [3.05, 3.63) is 103 Å². The fraction of sp³-hybridized carbons (Fsp3) is 0.257. The van der Waals surface area contributed by atoms with E-state index in [0.717, 1.165) is 16.5 Å². The fourth-order valence-corrected chi connectivity index (χ4v) is 5.90. The number of fused-ring (bicyclic) bond motifs is 1. The number of likely N-dealkylation sites (tertiary alicyclic amines) is 1. The Kier molecular flexibility index (Phi) is 8.58. The van der Waals surface area contributed by atoms with Gasteiger partial charge in [-0.25, -0.2) is 20.0 Å². The summed E-state index contributed by atoms with van der Waals surface area (Å²) in [6.45, 7) is 4.16. The van der Waals surface area contributed by atoms with Crippen LogP contribution in [-0.2, 0) is 16.1 Å². The van der Waals surface area contributed by atoms with Crippen molar-refractivity contribution in [2.45, 2.75) is 37.1 Å². The maximum atomic E-state index is 13.7. The van der Waals surface area contributed by atoms with Crippen LogP contribution in [-0.4, -0.2) is 64.2 Å².